The molecule has 1 amide bonds. The number of carbonyl (C=O) groups is 1. The van der Waals surface area contributed by atoms with Crippen LogP contribution < -0.4 is 5.32 Å². The molecule has 0 saturated heterocycles. The van der Waals surface area contributed by atoms with Crippen molar-refractivity contribution in [1.29, 1.82) is 0 Å². The number of benzene rings is 1. The summed E-state index contributed by atoms with van der Waals surface area (Å²) in [4.78, 5) is 13.9. The zero-order valence-corrected chi connectivity index (χ0v) is 15.5. The lowest BCUT2D eigenvalue weighted by molar-refractivity contribution is -0.137. The molecule has 0 atom stereocenters. The van der Waals surface area contributed by atoms with Crippen LogP contribution in [-0.4, -0.2) is 29.6 Å². The van der Waals surface area contributed by atoms with Crippen LogP contribution in [0.4, 0.5) is 18.9 Å². The second-order valence-electron chi connectivity index (χ2n) is 6.65. The molecule has 1 aromatic heterocycles. The molecule has 1 heterocycles. The van der Waals surface area contributed by atoms with E-state index in [1.165, 1.54) is 6.07 Å². The van der Waals surface area contributed by atoms with Crippen LogP contribution in [0.5, 0.6) is 0 Å². The third-order valence-corrected chi connectivity index (χ3v) is 4.75. The number of fused-ring (bicyclic) bond motifs is 1. The maximum Gasteiger partial charge on any atom is 0.417 e. The average Bonchev–Trinajstić information content (AvgIpc) is 2.98. The first kappa shape index (κ1) is 19.7. The quantitative estimate of drug-likeness (QED) is 0.811. The summed E-state index contributed by atoms with van der Waals surface area (Å²) in [7, 11) is 1.74. The fourth-order valence-electron chi connectivity index (χ4n) is 3.15. The van der Waals surface area contributed by atoms with Gasteiger partial charge < -0.3 is 9.84 Å². The number of likely N-dealkylation sites (N-methyl/N-ethyl adjacent to an activating group) is 1. The molecule has 1 aromatic carbocycles. The summed E-state index contributed by atoms with van der Waals surface area (Å²) in [6.45, 7) is 0.437. The van der Waals surface area contributed by atoms with E-state index in [2.05, 4.69) is 10.5 Å². The third-order valence-electron chi connectivity index (χ3n) is 4.42. The number of amides is 1. The van der Waals surface area contributed by atoms with Gasteiger partial charge in [-0.05, 0) is 44.5 Å². The van der Waals surface area contributed by atoms with Gasteiger partial charge in [-0.2, -0.15) is 13.2 Å². The van der Waals surface area contributed by atoms with Gasteiger partial charge in [-0.25, -0.2) is 0 Å². The molecule has 9 heteroatoms. The van der Waals surface area contributed by atoms with Crippen LogP contribution in [0.2, 0.25) is 5.02 Å². The van der Waals surface area contributed by atoms with Crippen molar-refractivity contribution in [2.24, 2.45) is 0 Å². The van der Waals surface area contributed by atoms with Crippen LogP contribution in [0.25, 0.3) is 0 Å². The number of rotatable bonds is 5. The second-order valence-corrected chi connectivity index (χ2v) is 7.06. The minimum Gasteiger partial charge on any atom is -0.361 e. The SMILES string of the molecule is CN(CC(=O)Nc1ccc(Cl)c(C(F)(F)F)c1)Cc1noc2c1CCCC2. The van der Waals surface area contributed by atoms with Crippen molar-refractivity contribution in [3.63, 3.8) is 0 Å². The lowest BCUT2D eigenvalue weighted by atomic mass is 9.96. The van der Waals surface area contributed by atoms with Gasteiger partial charge in [-0.15, -0.1) is 0 Å². The topological polar surface area (TPSA) is 58.4 Å². The Labute approximate surface area is 159 Å². The number of aromatic nitrogens is 1. The average molecular weight is 402 g/mol. The fraction of sp³-hybridized carbons (Fsp3) is 0.444. The lowest BCUT2D eigenvalue weighted by Gasteiger charge is -2.17. The molecule has 0 fully saturated rings. The molecule has 27 heavy (non-hydrogen) atoms. The molecule has 1 N–H and O–H groups in total. The standard InChI is InChI=1S/C18H19ClF3N3O2/c1-25(9-15-12-4-2-3-5-16(12)27-24-15)10-17(26)23-11-6-7-14(19)13(8-11)18(20,21)22/h6-8H,2-5,9-10H2,1H3,(H,23,26). The van der Waals surface area contributed by atoms with Gasteiger partial charge >= 0.3 is 6.18 Å². The molecule has 0 bridgehead atoms. The number of carbonyl (C=O) groups excluding carboxylic acids is 1. The van der Waals surface area contributed by atoms with E-state index in [0.717, 1.165) is 54.8 Å². The Hall–Kier alpha value is -2.06. The molecule has 1 aliphatic carbocycles. The van der Waals surface area contributed by atoms with E-state index in [-0.39, 0.29) is 12.2 Å². The van der Waals surface area contributed by atoms with Crippen molar-refractivity contribution in [3.8, 4) is 0 Å². The molecule has 0 radical (unpaired) electrons. The van der Waals surface area contributed by atoms with Gasteiger partial charge in [0.2, 0.25) is 5.91 Å². The summed E-state index contributed by atoms with van der Waals surface area (Å²) in [5, 5.41) is 6.15. The molecule has 3 rings (SSSR count). The summed E-state index contributed by atoms with van der Waals surface area (Å²) >= 11 is 5.58. The van der Waals surface area contributed by atoms with Gasteiger partial charge in [0.05, 0.1) is 17.1 Å². The van der Waals surface area contributed by atoms with Gasteiger partial charge in [0, 0.05) is 24.2 Å². The first-order chi connectivity index (χ1) is 12.7. The Kier molecular flexibility index (Phi) is 5.76. The first-order valence-electron chi connectivity index (χ1n) is 8.55. The largest absolute Gasteiger partial charge is 0.417 e. The van der Waals surface area contributed by atoms with Crippen molar-refractivity contribution in [1.82, 2.24) is 10.1 Å². The summed E-state index contributed by atoms with van der Waals surface area (Å²) in [6.07, 6.45) is -0.616. The predicted molar refractivity (Wildman–Crippen MR) is 94.6 cm³/mol. The monoisotopic (exact) mass is 401 g/mol. The number of anilines is 1. The number of nitrogens with zero attached hydrogens (tertiary/aromatic N) is 2. The van der Waals surface area contributed by atoms with E-state index in [9.17, 15) is 18.0 Å². The highest BCUT2D eigenvalue weighted by Gasteiger charge is 2.33. The second kappa shape index (κ2) is 7.90. The Balaban J connectivity index is 1.60. The zero-order chi connectivity index (χ0) is 19.6. The van der Waals surface area contributed by atoms with Crippen molar-refractivity contribution in [2.45, 2.75) is 38.4 Å². The van der Waals surface area contributed by atoms with E-state index < -0.39 is 22.7 Å². The van der Waals surface area contributed by atoms with E-state index in [1.54, 1.807) is 11.9 Å². The van der Waals surface area contributed by atoms with Gasteiger partial charge in [0.15, 0.2) is 0 Å². The maximum atomic E-state index is 12.9. The Morgan fingerprint density at radius 2 is 2.07 bits per heavy atom. The van der Waals surface area contributed by atoms with Crippen LogP contribution in [0.15, 0.2) is 22.7 Å². The van der Waals surface area contributed by atoms with Crippen molar-refractivity contribution in [3.05, 3.63) is 45.8 Å². The van der Waals surface area contributed by atoms with Gasteiger partial charge in [0.25, 0.3) is 0 Å². The van der Waals surface area contributed by atoms with E-state index in [4.69, 9.17) is 16.1 Å². The highest BCUT2D eigenvalue weighted by atomic mass is 35.5. The number of halogens is 4. The Bertz CT molecular complexity index is 836. The van der Waals surface area contributed by atoms with Gasteiger partial charge in [-0.1, -0.05) is 16.8 Å². The molecular weight excluding hydrogens is 383 g/mol. The van der Waals surface area contributed by atoms with Crippen LogP contribution in [0, 0.1) is 0 Å². The summed E-state index contributed by atoms with van der Waals surface area (Å²) in [5.41, 5.74) is 0.986. The Morgan fingerprint density at radius 3 is 2.81 bits per heavy atom. The smallest absolute Gasteiger partial charge is 0.361 e. The van der Waals surface area contributed by atoms with Crippen LogP contribution in [0.1, 0.15) is 35.4 Å². The van der Waals surface area contributed by atoms with E-state index >= 15 is 0 Å². The summed E-state index contributed by atoms with van der Waals surface area (Å²) < 4.78 is 44.1. The van der Waals surface area contributed by atoms with Crippen LogP contribution in [0.3, 0.4) is 0 Å². The van der Waals surface area contributed by atoms with Crippen molar-refractivity contribution < 1.29 is 22.5 Å². The molecule has 0 spiro atoms. The molecule has 0 aliphatic heterocycles. The first-order valence-corrected chi connectivity index (χ1v) is 8.93. The van der Waals surface area contributed by atoms with E-state index in [1.807, 2.05) is 0 Å². The molecular formula is C18H19ClF3N3O2. The van der Waals surface area contributed by atoms with Crippen LogP contribution in [-0.2, 0) is 30.4 Å². The summed E-state index contributed by atoms with van der Waals surface area (Å²) in [5.74, 6) is 0.486. The molecule has 0 saturated carbocycles. The van der Waals surface area contributed by atoms with Crippen molar-refractivity contribution in [2.75, 3.05) is 18.9 Å². The van der Waals surface area contributed by atoms with Gasteiger partial charge in [0.1, 0.15) is 11.5 Å². The number of aryl methyl sites for hydroxylation is 1. The maximum absolute atomic E-state index is 12.9. The molecule has 2 aromatic rings. The Morgan fingerprint density at radius 1 is 1.33 bits per heavy atom. The molecule has 146 valence electrons. The van der Waals surface area contributed by atoms with E-state index in [0.29, 0.717) is 6.54 Å². The highest BCUT2D eigenvalue weighted by Crippen LogP contribution is 2.36. The van der Waals surface area contributed by atoms with Crippen molar-refractivity contribution >= 4 is 23.2 Å². The number of hydrogen-bond acceptors (Lipinski definition) is 4. The zero-order valence-electron chi connectivity index (χ0n) is 14.7. The molecule has 1 aliphatic rings. The lowest BCUT2D eigenvalue weighted by Crippen LogP contribution is -2.30. The minimum atomic E-state index is -4.58. The highest BCUT2D eigenvalue weighted by molar-refractivity contribution is 6.31. The molecule has 5 nitrogen and oxygen atoms in total. The normalized spacial score (nSPS) is 14.3. The van der Waals surface area contributed by atoms with Crippen LogP contribution >= 0.6 is 11.6 Å². The summed E-state index contributed by atoms with van der Waals surface area (Å²) in [6, 6.07) is 3.28. The molecule has 0 unspecified atom stereocenters. The van der Waals surface area contributed by atoms with Gasteiger partial charge in [-0.3, -0.25) is 9.69 Å². The number of nitrogens with one attached hydrogen (secondary N) is 1. The third kappa shape index (κ3) is 4.81. The number of hydrogen-bond donors (Lipinski definition) is 1. The minimum absolute atomic E-state index is 0.00557. The number of alkyl halides is 3. The predicted octanol–water partition coefficient (Wildman–Crippen LogP) is 4.30. The fourth-order valence-corrected chi connectivity index (χ4v) is 3.38.